The van der Waals surface area contributed by atoms with Crippen LogP contribution in [0.3, 0.4) is 0 Å². The van der Waals surface area contributed by atoms with E-state index in [0.717, 1.165) is 11.3 Å². The zero-order valence-corrected chi connectivity index (χ0v) is 13.5. The summed E-state index contributed by atoms with van der Waals surface area (Å²) in [6.45, 7) is 3.06. The van der Waals surface area contributed by atoms with Gasteiger partial charge in [-0.05, 0) is 36.8 Å². The van der Waals surface area contributed by atoms with Crippen molar-refractivity contribution in [2.45, 2.75) is 6.92 Å². The molecule has 23 heavy (non-hydrogen) atoms. The molecule has 0 bridgehead atoms. The second kappa shape index (κ2) is 8.09. The molecule has 0 saturated carbocycles. The minimum atomic E-state index is -0.403. The maximum atomic E-state index is 10.9. The summed E-state index contributed by atoms with van der Waals surface area (Å²) in [7, 11) is 0. The maximum absolute atomic E-state index is 10.9. The van der Waals surface area contributed by atoms with Gasteiger partial charge in [-0.2, -0.15) is 0 Å². The van der Waals surface area contributed by atoms with Crippen LogP contribution < -0.4 is 16.0 Å². The Kier molecular flexibility index (Phi) is 5.87. The fourth-order valence-corrected chi connectivity index (χ4v) is 2.25. The number of nitrogens with one attached hydrogen (secondary N) is 3. The van der Waals surface area contributed by atoms with Crippen molar-refractivity contribution in [1.29, 1.82) is 0 Å². The summed E-state index contributed by atoms with van der Waals surface area (Å²) in [5.41, 5.74) is 2.62. The average Bonchev–Trinajstić information content (AvgIpc) is 2.54. The molecule has 0 aromatic heterocycles. The van der Waals surface area contributed by atoms with Crippen LogP contribution >= 0.6 is 12.2 Å². The molecule has 3 N–H and O–H groups in total. The van der Waals surface area contributed by atoms with Crippen LogP contribution in [-0.2, 0) is 0 Å². The number of benzene rings is 2. The second-order valence-electron chi connectivity index (χ2n) is 4.90. The molecule has 0 aliphatic heterocycles. The van der Waals surface area contributed by atoms with Crippen LogP contribution in [0.5, 0.6) is 0 Å². The Morgan fingerprint density at radius 1 is 1.09 bits per heavy atom. The van der Waals surface area contributed by atoms with Crippen molar-refractivity contribution in [3.05, 3.63) is 64.2 Å². The van der Waals surface area contributed by atoms with E-state index in [1.807, 2.05) is 31.2 Å². The number of nitro groups is 1. The lowest BCUT2D eigenvalue weighted by Crippen LogP contribution is -2.32. The summed E-state index contributed by atoms with van der Waals surface area (Å²) in [6, 6.07) is 14.4. The summed E-state index contributed by atoms with van der Waals surface area (Å²) >= 11 is 5.23. The van der Waals surface area contributed by atoms with Crippen molar-refractivity contribution < 1.29 is 4.92 Å². The third kappa shape index (κ3) is 4.93. The minimum absolute atomic E-state index is 0.0631. The van der Waals surface area contributed by atoms with Crippen molar-refractivity contribution in [1.82, 2.24) is 5.32 Å². The molecule has 0 atom stereocenters. The summed E-state index contributed by atoms with van der Waals surface area (Å²) < 4.78 is 0. The van der Waals surface area contributed by atoms with Gasteiger partial charge in [0.1, 0.15) is 5.69 Å². The Bertz CT molecular complexity index is 706. The van der Waals surface area contributed by atoms with Gasteiger partial charge in [-0.1, -0.05) is 30.3 Å². The zero-order valence-electron chi connectivity index (χ0n) is 12.7. The Morgan fingerprint density at radius 2 is 1.74 bits per heavy atom. The van der Waals surface area contributed by atoms with Crippen molar-refractivity contribution in [3.8, 4) is 0 Å². The van der Waals surface area contributed by atoms with Crippen molar-refractivity contribution in [3.63, 3.8) is 0 Å². The fourth-order valence-electron chi connectivity index (χ4n) is 2.04. The van der Waals surface area contributed by atoms with Crippen LogP contribution in [0.4, 0.5) is 17.1 Å². The predicted molar refractivity (Wildman–Crippen MR) is 97.0 cm³/mol. The summed E-state index contributed by atoms with van der Waals surface area (Å²) in [5, 5.41) is 20.7. The van der Waals surface area contributed by atoms with E-state index < -0.39 is 4.92 Å². The third-order valence-corrected chi connectivity index (χ3v) is 3.47. The van der Waals surface area contributed by atoms with Crippen LogP contribution in [0.2, 0.25) is 0 Å². The highest BCUT2D eigenvalue weighted by molar-refractivity contribution is 7.80. The minimum Gasteiger partial charge on any atom is -0.378 e. The van der Waals surface area contributed by atoms with E-state index in [4.69, 9.17) is 12.2 Å². The van der Waals surface area contributed by atoms with E-state index in [1.165, 1.54) is 6.07 Å². The quantitative estimate of drug-likeness (QED) is 0.326. The van der Waals surface area contributed by atoms with Gasteiger partial charge in [0.25, 0.3) is 5.69 Å². The van der Waals surface area contributed by atoms with E-state index in [0.29, 0.717) is 23.9 Å². The van der Waals surface area contributed by atoms with E-state index >= 15 is 0 Å². The van der Waals surface area contributed by atoms with Crippen LogP contribution in [0.15, 0.2) is 48.5 Å². The lowest BCUT2D eigenvalue weighted by molar-refractivity contribution is -0.384. The molecule has 0 heterocycles. The molecule has 2 aromatic carbocycles. The fraction of sp³-hybridized carbons (Fsp3) is 0.188. The molecule has 6 nitrogen and oxygen atoms in total. The molecular weight excluding hydrogens is 312 g/mol. The van der Waals surface area contributed by atoms with E-state index in [1.54, 1.807) is 18.2 Å². The molecule has 0 radical (unpaired) electrons. The predicted octanol–water partition coefficient (Wildman–Crippen LogP) is 3.30. The molecule has 0 saturated heterocycles. The molecule has 0 spiro atoms. The van der Waals surface area contributed by atoms with Gasteiger partial charge in [0, 0.05) is 24.8 Å². The number of rotatable bonds is 6. The topological polar surface area (TPSA) is 79.2 Å². The monoisotopic (exact) mass is 330 g/mol. The molecule has 2 rings (SSSR count). The van der Waals surface area contributed by atoms with Gasteiger partial charge < -0.3 is 16.0 Å². The molecule has 7 heteroatoms. The molecule has 0 amide bonds. The highest BCUT2D eigenvalue weighted by Crippen LogP contribution is 2.22. The van der Waals surface area contributed by atoms with E-state index in [2.05, 4.69) is 16.0 Å². The van der Waals surface area contributed by atoms with Crippen LogP contribution in [0.1, 0.15) is 5.56 Å². The number of aryl methyl sites for hydroxylation is 1. The molecule has 0 fully saturated rings. The summed E-state index contributed by atoms with van der Waals surface area (Å²) in [5.74, 6) is 0. The summed E-state index contributed by atoms with van der Waals surface area (Å²) in [6.07, 6.45) is 0. The van der Waals surface area contributed by atoms with Crippen LogP contribution in [0, 0.1) is 17.0 Å². The first-order valence-electron chi connectivity index (χ1n) is 7.15. The SMILES string of the molecule is Cc1ccccc1NC(=S)NCCNc1ccccc1[N+](=O)[O-]. The number of thiocarbonyl (C=S) groups is 1. The highest BCUT2D eigenvalue weighted by atomic mass is 32.1. The van der Waals surface area contributed by atoms with E-state index in [9.17, 15) is 10.1 Å². The van der Waals surface area contributed by atoms with Gasteiger partial charge in [0.15, 0.2) is 5.11 Å². The molecule has 0 aliphatic carbocycles. The van der Waals surface area contributed by atoms with Gasteiger partial charge in [-0.15, -0.1) is 0 Å². The van der Waals surface area contributed by atoms with Crippen molar-refractivity contribution >= 4 is 34.4 Å². The smallest absolute Gasteiger partial charge is 0.292 e. The zero-order chi connectivity index (χ0) is 16.7. The number of nitrogens with zero attached hydrogens (tertiary/aromatic N) is 1. The normalized spacial score (nSPS) is 9.96. The second-order valence-corrected chi connectivity index (χ2v) is 5.31. The van der Waals surface area contributed by atoms with Crippen LogP contribution in [0.25, 0.3) is 0 Å². The third-order valence-electron chi connectivity index (χ3n) is 3.22. The first-order valence-corrected chi connectivity index (χ1v) is 7.56. The number of anilines is 2. The Morgan fingerprint density at radius 3 is 2.43 bits per heavy atom. The van der Waals surface area contributed by atoms with Gasteiger partial charge in [-0.3, -0.25) is 10.1 Å². The van der Waals surface area contributed by atoms with Gasteiger partial charge in [0.05, 0.1) is 4.92 Å². The lowest BCUT2D eigenvalue weighted by Gasteiger charge is -2.13. The Balaban J connectivity index is 1.79. The van der Waals surface area contributed by atoms with Crippen molar-refractivity contribution in [2.24, 2.45) is 0 Å². The largest absolute Gasteiger partial charge is 0.378 e. The number of nitro benzene ring substituents is 1. The highest BCUT2D eigenvalue weighted by Gasteiger charge is 2.11. The molecule has 120 valence electrons. The number of para-hydroxylation sites is 3. The molecule has 0 unspecified atom stereocenters. The van der Waals surface area contributed by atoms with Gasteiger partial charge in [0.2, 0.25) is 0 Å². The Hall–Kier alpha value is -2.67. The van der Waals surface area contributed by atoms with Gasteiger partial charge >= 0.3 is 0 Å². The van der Waals surface area contributed by atoms with E-state index in [-0.39, 0.29) is 5.69 Å². The molecule has 0 aliphatic rings. The Labute approximate surface area is 140 Å². The lowest BCUT2D eigenvalue weighted by atomic mass is 10.2. The summed E-state index contributed by atoms with van der Waals surface area (Å²) in [4.78, 5) is 10.5. The molecule has 2 aromatic rings. The maximum Gasteiger partial charge on any atom is 0.292 e. The number of hydrogen-bond acceptors (Lipinski definition) is 4. The number of hydrogen-bond donors (Lipinski definition) is 3. The first kappa shape index (κ1) is 16.7. The first-order chi connectivity index (χ1) is 11.1. The van der Waals surface area contributed by atoms with Gasteiger partial charge in [-0.25, -0.2) is 0 Å². The average molecular weight is 330 g/mol. The van der Waals surface area contributed by atoms with Crippen molar-refractivity contribution in [2.75, 3.05) is 23.7 Å². The van der Waals surface area contributed by atoms with Crippen LogP contribution in [-0.4, -0.2) is 23.1 Å². The standard InChI is InChI=1S/C16H18N4O2S/c1-12-6-2-3-7-13(12)19-16(23)18-11-10-17-14-8-4-5-9-15(14)20(21)22/h2-9,17H,10-11H2,1H3,(H2,18,19,23). The molecular formula is C16H18N4O2S.